The predicted molar refractivity (Wildman–Crippen MR) is 236 cm³/mol. The number of aliphatic hydroxyl groups is 4. The summed E-state index contributed by atoms with van der Waals surface area (Å²) in [4.78, 5) is 44.7. The minimum absolute atomic E-state index is 0.0460. The Kier molecular flexibility index (Phi) is 23.2. The molecule has 0 amide bonds. The van der Waals surface area contributed by atoms with Crippen molar-refractivity contribution in [3.05, 3.63) is 60.5 Å². The standard InChI is InChI=1S/C47H74N2O15/c1-11-35(61-37(52)12-2)31(6)59-40(22-25-50)63-43-32(7)60-46(42(55)41(43)49(8)9)64-45-44(57-10)36(62-38(53)13-3)26-39(54)58-30(5)18-15-14-16-20-34(51)29(4)27-47(45,56)23-21-33-19-17-24-48-28-33/h14-17,19-21,23-24,28-32,34-36,40-46,50-51,55-56H,11-13,18,22,25-27H2,1-10H3/b15-14+,20-16+,23-21+/t29-,30-,31?,32?,34+,35?,36-,40?,41?,42?,43?,44+,45-,46?,47-/m1/s1. The van der Waals surface area contributed by atoms with Gasteiger partial charge in [0.15, 0.2) is 12.6 Å². The molecule has 1 fully saturated rings. The molecular weight excluding hydrogens is 833 g/mol. The van der Waals surface area contributed by atoms with Gasteiger partial charge in [-0.2, -0.15) is 0 Å². The first kappa shape index (κ1) is 54.7. The molecule has 0 bridgehead atoms. The van der Waals surface area contributed by atoms with Gasteiger partial charge in [-0.25, -0.2) is 0 Å². The number of rotatable bonds is 18. The number of methoxy groups -OCH3 is 1. The number of carbonyl (C=O) groups is 3. The van der Waals surface area contributed by atoms with Crippen molar-refractivity contribution in [2.45, 2.75) is 179 Å². The summed E-state index contributed by atoms with van der Waals surface area (Å²) in [5.74, 6) is -2.38. The van der Waals surface area contributed by atoms with Crippen molar-refractivity contribution in [2.75, 3.05) is 27.8 Å². The highest BCUT2D eigenvalue weighted by Crippen LogP contribution is 2.37. The number of allylic oxidation sites excluding steroid dienone is 2. The zero-order chi connectivity index (χ0) is 47.6. The normalized spacial score (nSPS) is 33.5. The molecule has 3 rings (SSSR count). The van der Waals surface area contributed by atoms with Crippen LogP contribution < -0.4 is 0 Å². The number of nitrogens with zero attached hydrogens (tertiary/aromatic N) is 2. The van der Waals surface area contributed by atoms with Crippen LogP contribution in [-0.4, -0.2) is 161 Å². The fraction of sp³-hybridized carbons (Fsp3) is 0.702. The number of ether oxygens (including phenoxy) is 8. The molecule has 64 heavy (non-hydrogen) atoms. The minimum atomic E-state index is -2.10. The first-order valence-corrected chi connectivity index (χ1v) is 22.4. The van der Waals surface area contributed by atoms with Crippen LogP contribution >= 0.6 is 0 Å². The van der Waals surface area contributed by atoms with Gasteiger partial charge in [0.1, 0.15) is 48.3 Å². The number of hydrogen-bond donors (Lipinski definition) is 4. The average Bonchev–Trinajstić information content (AvgIpc) is 3.25. The monoisotopic (exact) mass is 907 g/mol. The third kappa shape index (κ3) is 16.4. The van der Waals surface area contributed by atoms with Crippen LogP contribution in [0.25, 0.3) is 6.08 Å². The summed E-state index contributed by atoms with van der Waals surface area (Å²) < 4.78 is 49.2. The lowest BCUT2D eigenvalue weighted by atomic mass is 9.79. The van der Waals surface area contributed by atoms with E-state index in [1.807, 2.05) is 6.92 Å². The summed E-state index contributed by atoms with van der Waals surface area (Å²) in [6, 6.07) is 2.64. The van der Waals surface area contributed by atoms with Crippen LogP contribution in [0.15, 0.2) is 54.9 Å². The van der Waals surface area contributed by atoms with Gasteiger partial charge in [0, 0.05) is 51.8 Å². The lowest BCUT2D eigenvalue weighted by Gasteiger charge is -2.49. The van der Waals surface area contributed by atoms with Crippen LogP contribution in [0.2, 0.25) is 0 Å². The molecule has 1 saturated heterocycles. The molecule has 3 heterocycles. The second-order valence-electron chi connectivity index (χ2n) is 16.8. The van der Waals surface area contributed by atoms with Gasteiger partial charge >= 0.3 is 17.9 Å². The molecule has 2 aliphatic rings. The maximum Gasteiger partial charge on any atom is 0.309 e. The highest BCUT2D eigenvalue weighted by molar-refractivity contribution is 5.72. The van der Waals surface area contributed by atoms with Crippen LogP contribution in [0.1, 0.15) is 99.0 Å². The fourth-order valence-corrected chi connectivity index (χ4v) is 7.85. The summed E-state index contributed by atoms with van der Waals surface area (Å²) in [5.41, 5.74) is -1.50. The Morgan fingerprint density at radius 2 is 1.80 bits per heavy atom. The first-order valence-electron chi connectivity index (χ1n) is 22.4. The molecule has 0 radical (unpaired) electrons. The molecule has 2 aliphatic heterocycles. The van der Waals surface area contributed by atoms with E-state index in [1.165, 1.54) is 13.2 Å². The zero-order valence-electron chi connectivity index (χ0n) is 39.2. The van der Waals surface area contributed by atoms with Gasteiger partial charge in [0.05, 0.1) is 30.8 Å². The molecule has 0 saturated carbocycles. The molecule has 0 aromatic carbocycles. The van der Waals surface area contributed by atoms with Gasteiger partial charge in [-0.05, 0) is 71.3 Å². The number of cyclic esters (lactones) is 1. The zero-order valence-corrected chi connectivity index (χ0v) is 39.2. The Labute approximate surface area is 378 Å². The largest absolute Gasteiger partial charge is 0.462 e. The molecule has 15 atom stereocenters. The van der Waals surface area contributed by atoms with Gasteiger partial charge in [-0.3, -0.25) is 19.4 Å². The topological polar surface area (TPSA) is 222 Å². The average molecular weight is 907 g/mol. The number of aliphatic hydroxyl groups excluding tert-OH is 3. The van der Waals surface area contributed by atoms with Gasteiger partial charge in [0.2, 0.25) is 0 Å². The smallest absolute Gasteiger partial charge is 0.309 e. The maximum absolute atomic E-state index is 13.6. The molecule has 4 N–H and O–H groups in total. The number of likely N-dealkylation sites (N-methyl/N-ethyl adjacent to an activating group) is 1. The Morgan fingerprint density at radius 3 is 2.41 bits per heavy atom. The van der Waals surface area contributed by atoms with Gasteiger partial charge in [0.25, 0.3) is 0 Å². The fourth-order valence-electron chi connectivity index (χ4n) is 7.85. The number of esters is 3. The molecule has 0 spiro atoms. The molecule has 17 nitrogen and oxygen atoms in total. The first-order chi connectivity index (χ1) is 30.4. The van der Waals surface area contributed by atoms with Crippen LogP contribution in [-0.2, 0) is 52.3 Å². The number of hydrogen-bond acceptors (Lipinski definition) is 17. The Balaban J connectivity index is 2.18. The molecule has 1 aromatic heterocycles. The van der Waals surface area contributed by atoms with Crippen LogP contribution in [0.5, 0.6) is 0 Å². The van der Waals surface area contributed by atoms with E-state index in [9.17, 15) is 34.8 Å². The van der Waals surface area contributed by atoms with Crippen LogP contribution in [0, 0.1) is 5.92 Å². The van der Waals surface area contributed by atoms with Crippen LogP contribution in [0.4, 0.5) is 0 Å². The Bertz CT molecular complexity index is 1640. The van der Waals surface area contributed by atoms with E-state index in [-0.39, 0.29) is 38.3 Å². The van der Waals surface area contributed by atoms with E-state index in [4.69, 9.17) is 37.9 Å². The summed E-state index contributed by atoms with van der Waals surface area (Å²) >= 11 is 0. The van der Waals surface area contributed by atoms with E-state index in [0.717, 1.165) is 0 Å². The van der Waals surface area contributed by atoms with E-state index in [2.05, 4.69) is 4.98 Å². The minimum Gasteiger partial charge on any atom is -0.462 e. The van der Waals surface area contributed by atoms with Crippen LogP contribution in [0.3, 0.4) is 0 Å². The summed E-state index contributed by atoms with van der Waals surface area (Å²) in [7, 11) is 4.78. The van der Waals surface area contributed by atoms with Crippen molar-refractivity contribution in [3.63, 3.8) is 0 Å². The molecule has 8 unspecified atom stereocenters. The predicted octanol–water partition coefficient (Wildman–Crippen LogP) is 4.04. The van der Waals surface area contributed by atoms with Crippen molar-refractivity contribution in [1.82, 2.24) is 9.88 Å². The highest BCUT2D eigenvalue weighted by Gasteiger charge is 2.53. The number of aromatic nitrogens is 1. The SMILES string of the molecule is CCC(=O)OC(CC)C(C)OC(CCO)OC1C(C)OC(O[C@@H]2[C@@H](OC)[C@H](OC(=O)CC)CC(=O)O[C@H](C)C/C=C/C=C/[C@H](O)[C@H](C)C[C@]2(O)/C=C/c2cccnc2)C(O)C1N(C)C. The maximum atomic E-state index is 13.6. The second kappa shape index (κ2) is 27.1. The van der Waals surface area contributed by atoms with Crippen molar-refractivity contribution in [1.29, 1.82) is 0 Å². The summed E-state index contributed by atoms with van der Waals surface area (Å²) in [5, 5.41) is 46.9. The number of carbonyl (C=O) groups excluding carboxylic acids is 3. The molecule has 17 heteroatoms. The van der Waals surface area contributed by atoms with E-state index >= 15 is 0 Å². The van der Waals surface area contributed by atoms with Gasteiger partial charge in [-0.1, -0.05) is 64.1 Å². The lowest BCUT2D eigenvalue weighted by molar-refractivity contribution is -0.338. The van der Waals surface area contributed by atoms with E-state index in [1.54, 1.807) is 115 Å². The van der Waals surface area contributed by atoms with Crippen molar-refractivity contribution >= 4 is 24.0 Å². The molecule has 362 valence electrons. The molecule has 0 aliphatic carbocycles. The third-order valence-electron chi connectivity index (χ3n) is 11.4. The lowest BCUT2D eigenvalue weighted by Crippen LogP contribution is -2.66. The van der Waals surface area contributed by atoms with E-state index < -0.39 is 110 Å². The second-order valence-corrected chi connectivity index (χ2v) is 16.8. The summed E-state index contributed by atoms with van der Waals surface area (Å²) in [6.07, 6.45) is 0.474. The van der Waals surface area contributed by atoms with Crippen molar-refractivity contribution in [2.24, 2.45) is 5.92 Å². The third-order valence-corrected chi connectivity index (χ3v) is 11.4. The van der Waals surface area contributed by atoms with Crippen molar-refractivity contribution < 1.29 is 72.7 Å². The molecular formula is C47H74N2O15. The number of pyridine rings is 1. The highest BCUT2D eigenvalue weighted by atomic mass is 16.7. The van der Waals surface area contributed by atoms with Gasteiger partial charge in [-0.15, -0.1) is 0 Å². The van der Waals surface area contributed by atoms with Gasteiger partial charge < -0.3 is 63.2 Å². The Hall–Kier alpha value is -3.62. The Morgan fingerprint density at radius 1 is 1.08 bits per heavy atom. The summed E-state index contributed by atoms with van der Waals surface area (Å²) in [6.45, 7) is 11.8. The quantitative estimate of drug-likeness (QED) is 0.0927. The van der Waals surface area contributed by atoms with Crippen molar-refractivity contribution in [3.8, 4) is 0 Å². The van der Waals surface area contributed by atoms with E-state index in [0.29, 0.717) is 18.4 Å². The molecule has 1 aromatic rings.